The second kappa shape index (κ2) is 6.79. The van der Waals surface area contributed by atoms with Crippen molar-refractivity contribution in [1.82, 2.24) is 10.2 Å². The Hall–Kier alpha value is -0.490. The van der Waals surface area contributed by atoms with E-state index in [2.05, 4.69) is 33.2 Å². The van der Waals surface area contributed by atoms with E-state index in [4.69, 9.17) is 4.74 Å². The van der Waals surface area contributed by atoms with Crippen LogP contribution in [-0.4, -0.2) is 50.8 Å². The summed E-state index contributed by atoms with van der Waals surface area (Å²) in [5.74, 6) is -0.199. The molecule has 0 aliphatic carbocycles. The van der Waals surface area contributed by atoms with E-state index in [0.717, 1.165) is 36.2 Å². The number of hydrogen-bond donors (Lipinski definition) is 1. The quantitative estimate of drug-likeness (QED) is 0.914. The molecule has 1 aromatic carbocycles. The molecule has 0 radical (unpaired) electrons. The molecule has 2 atom stereocenters. The number of nitrogens with one attached hydrogen (secondary N) is 1. The Balaban J connectivity index is 2.07. The van der Waals surface area contributed by atoms with Gasteiger partial charge in [-0.25, -0.2) is 4.39 Å². The highest BCUT2D eigenvalue weighted by molar-refractivity contribution is 9.10. The number of nitrogens with zero attached hydrogens (tertiary/aromatic N) is 1. The molecule has 1 fully saturated rings. The van der Waals surface area contributed by atoms with E-state index in [-0.39, 0.29) is 18.0 Å². The lowest BCUT2D eigenvalue weighted by molar-refractivity contribution is -0.0372. The van der Waals surface area contributed by atoms with E-state index in [1.807, 2.05) is 7.05 Å². The molecule has 0 aromatic heterocycles. The SMILES string of the molecule is CNC(Cc1cc(F)ccc1Br)C1CN(C)CCO1. The zero-order valence-corrected chi connectivity index (χ0v) is 12.9. The smallest absolute Gasteiger partial charge is 0.123 e. The van der Waals surface area contributed by atoms with Gasteiger partial charge in [0.15, 0.2) is 0 Å². The van der Waals surface area contributed by atoms with Gasteiger partial charge < -0.3 is 15.0 Å². The van der Waals surface area contributed by atoms with E-state index >= 15 is 0 Å². The van der Waals surface area contributed by atoms with Gasteiger partial charge in [0.2, 0.25) is 0 Å². The van der Waals surface area contributed by atoms with Crippen molar-refractivity contribution in [2.45, 2.75) is 18.6 Å². The van der Waals surface area contributed by atoms with Gasteiger partial charge in [0.05, 0.1) is 12.7 Å². The van der Waals surface area contributed by atoms with Crippen molar-refractivity contribution in [3.63, 3.8) is 0 Å². The molecule has 106 valence electrons. The highest BCUT2D eigenvalue weighted by atomic mass is 79.9. The molecule has 1 aliphatic heterocycles. The molecule has 0 spiro atoms. The highest BCUT2D eigenvalue weighted by Crippen LogP contribution is 2.21. The van der Waals surface area contributed by atoms with E-state index in [0.29, 0.717) is 0 Å². The van der Waals surface area contributed by atoms with Crippen LogP contribution in [0, 0.1) is 5.82 Å². The van der Waals surface area contributed by atoms with Gasteiger partial charge in [-0.15, -0.1) is 0 Å². The molecule has 1 saturated heterocycles. The van der Waals surface area contributed by atoms with Crippen molar-refractivity contribution in [2.24, 2.45) is 0 Å². The Morgan fingerprint density at radius 3 is 3.05 bits per heavy atom. The first-order chi connectivity index (χ1) is 9.10. The standard InChI is InChI=1S/C14H20BrFN2O/c1-17-13(14-9-18(2)5-6-19-14)8-10-7-11(16)3-4-12(10)15/h3-4,7,13-14,17H,5-6,8-9H2,1-2H3. The fraction of sp³-hybridized carbons (Fsp3) is 0.571. The Morgan fingerprint density at radius 1 is 1.58 bits per heavy atom. The van der Waals surface area contributed by atoms with Crippen LogP contribution in [0.2, 0.25) is 0 Å². The molecule has 3 nitrogen and oxygen atoms in total. The molecule has 1 aliphatic rings. The normalized spacial score (nSPS) is 22.4. The van der Waals surface area contributed by atoms with Crippen LogP contribution in [-0.2, 0) is 11.2 Å². The Labute approximate surface area is 122 Å². The Kier molecular flexibility index (Phi) is 5.33. The fourth-order valence-corrected chi connectivity index (χ4v) is 2.82. The highest BCUT2D eigenvalue weighted by Gasteiger charge is 2.26. The summed E-state index contributed by atoms with van der Waals surface area (Å²) in [6.45, 7) is 2.62. The van der Waals surface area contributed by atoms with Gasteiger partial charge in [-0.05, 0) is 44.3 Å². The third-order valence-electron chi connectivity index (χ3n) is 3.56. The first kappa shape index (κ1) is 14.9. The largest absolute Gasteiger partial charge is 0.374 e. The summed E-state index contributed by atoms with van der Waals surface area (Å²) in [5.41, 5.74) is 0.969. The van der Waals surface area contributed by atoms with Gasteiger partial charge in [0.25, 0.3) is 0 Å². The average molecular weight is 331 g/mol. The van der Waals surface area contributed by atoms with Crippen molar-refractivity contribution in [3.8, 4) is 0 Å². The summed E-state index contributed by atoms with van der Waals surface area (Å²) in [6, 6.07) is 4.99. The molecule has 2 unspecified atom stereocenters. The fourth-order valence-electron chi connectivity index (χ4n) is 2.41. The van der Waals surface area contributed by atoms with Crippen molar-refractivity contribution in [2.75, 3.05) is 33.8 Å². The third kappa shape index (κ3) is 3.99. The second-order valence-corrected chi connectivity index (χ2v) is 5.86. The zero-order valence-electron chi connectivity index (χ0n) is 11.3. The van der Waals surface area contributed by atoms with Crippen molar-refractivity contribution < 1.29 is 9.13 Å². The van der Waals surface area contributed by atoms with Crippen LogP contribution in [0.5, 0.6) is 0 Å². The number of ether oxygens (including phenoxy) is 1. The van der Waals surface area contributed by atoms with Gasteiger partial charge in [-0.1, -0.05) is 15.9 Å². The Morgan fingerprint density at radius 2 is 2.37 bits per heavy atom. The molecule has 0 bridgehead atoms. The van der Waals surface area contributed by atoms with Gasteiger partial charge >= 0.3 is 0 Å². The third-order valence-corrected chi connectivity index (χ3v) is 4.34. The summed E-state index contributed by atoms with van der Waals surface area (Å²) < 4.78 is 20.1. The lowest BCUT2D eigenvalue weighted by atomic mass is 10.00. The predicted octanol–water partition coefficient (Wildman–Crippen LogP) is 2.05. The van der Waals surface area contributed by atoms with Crippen LogP contribution in [0.25, 0.3) is 0 Å². The molecular weight excluding hydrogens is 311 g/mol. The summed E-state index contributed by atoms with van der Waals surface area (Å²) in [7, 11) is 4.02. The predicted molar refractivity (Wildman–Crippen MR) is 77.9 cm³/mol. The van der Waals surface area contributed by atoms with E-state index < -0.39 is 0 Å². The lowest BCUT2D eigenvalue weighted by Crippen LogP contribution is -2.51. The van der Waals surface area contributed by atoms with E-state index in [1.165, 1.54) is 6.07 Å². The lowest BCUT2D eigenvalue weighted by Gasteiger charge is -2.35. The number of rotatable bonds is 4. The number of likely N-dealkylation sites (N-methyl/N-ethyl adjacent to an activating group) is 2. The van der Waals surface area contributed by atoms with Crippen LogP contribution < -0.4 is 5.32 Å². The summed E-state index contributed by atoms with van der Waals surface area (Å²) in [5, 5.41) is 3.29. The Bertz CT molecular complexity index is 430. The van der Waals surface area contributed by atoms with Gasteiger partial charge in [0.1, 0.15) is 5.82 Å². The van der Waals surface area contributed by atoms with Crippen LogP contribution in [0.3, 0.4) is 0 Å². The molecule has 1 N–H and O–H groups in total. The number of morpholine rings is 1. The monoisotopic (exact) mass is 330 g/mol. The first-order valence-corrected chi connectivity index (χ1v) is 7.31. The molecule has 0 amide bonds. The minimum Gasteiger partial charge on any atom is -0.374 e. The maximum absolute atomic E-state index is 13.3. The molecular formula is C14H20BrFN2O. The molecule has 5 heteroatoms. The van der Waals surface area contributed by atoms with Crippen LogP contribution in [0.15, 0.2) is 22.7 Å². The van der Waals surface area contributed by atoms with Gasteiger partial charge in [-0.3, -0.25) is 0 Å². The molecule has 19 heavy (non-hydrogen) atoms. The first-order valence-electron chi connectivity index (χ1n) is 6.51. The van der Waals surface area contributed by atoms with E-state index in [1.54, 1.807) is 12.1 Å². The van der Waals surface area contributed by atoms with Crippen molar-refractivity contribution >= 4 is 15.9 Å². The number of benzene rings is 1. The number of hydrogen-bond acceptors (Lipinski definition) is 3. The average Bonchev–Trinajstić information content (AvgIpc) is 2.39. The van der Waals surface area contributed by atoms with Crippen LogP contribution >= 0.6 is 15.9 Å². The minimum atomic E-state index is -0.199. The van der Waals surface area contributed by atoms with Crippen LogP contribution in [0.4, 0.5) is 4.39 Å². The van der Waals surface area contributed by atoms with Gasteiger partial charge in [-0.2, -0.15) is 0 Å². The van der Waals surface area contributed by atoms with Crippen LogP contribution in [0.1, 0.15) is 5.56 Å². The topological polar surface area (TPSA) is 24.5 Å². The second-order valence-electron chi connectivity index (χ2n) is 5.01. The molecule has 2 rings (SSSR count). The van der Waals surface area contributed by atoms with Crippen molar-refractivity contribution in [1.29, 1.82) is 0 Å². The molecule has 1 heterocycles. The summed E-state index contributed by atoms with van der Waals surface area (Å²) >= 11 is 3.48. The number of halogens is 2. The zero-order chi connectivity index (χ0) is 13.8. The summed E-state index contributed by atoms with van der Waals surface area (Å²) in [4.78, 5) is 2.26. The van der Waals surface area contributed by atoms with E-state index in [9.17, 15) is 4.39 Å². The summed E-state index contributed by atoms with van der Waals surface area (Å²) in [6.07, 6.45) is 0.881. The van der Waals surface area contributed by atoms with Gasteiger partial charge in [0, 0.05) is 23.6 Å². The minimum absolute atomic E-state index is 0.138. The maximum Gasteiger partial charge on any atom is 0.123 e. The molecule has 1 aromatic rings. The van der Waals surface area contributed by atoms with Crippen molar-refractivity contribution in [3.05, 3.63) is 34.1 Å². The molecule has 0 saturated carbocycles. The maximum atomic E-state index is 13.3.